The predicted molar refractivity (Wildman–Crippen MR) is 107 cm³/mol. The quantitative estimate of drug-likeness (QED) is 0.754. The van der Waals surface area contributed by atoms with Crippen molar-refractivity contribution < 1.29 is 0 Å². The fourth-order valence-corrected chi connectivity index (χ4v) is 4.75. The van der Waals surface area contributed by atoms with Gasteiger partial charge in [-0.2, -0.15) is 0 Å². The van der Waals surface area contributed by atoms with Crippen molar-refractivity contribution >= 4 is 11.3 Å². The lowest BCUT2D eigenvalue weighted by molar-refractivity contribution is 0.200. The fraction of sp³-hybridized carbons (Fsp3) is 0.333. The third kappa shape index (κ3) is 3.94. The Bertz CT molecular complexity index is 932. The number of aromatic nitrogens is 2. The number of piperidine rings is 1. The molecule has 2 aromatic heterocycles. The zero-order valence-electron chi connectivity index (χ0n) is 14.9. The van der Waals surface area contributed by atoms with Crippen molar-refractivity contribution in [3.05, 3.63) is 75.3 Å². The van der Waals surface area contributed by atoms with E-state index < -0.39 is 0 Å². The second kappa shape index (κ2) is 7.56. The van der Waals surface area contributed by atoms with Gasteiger partial charge in [-0.05, 0) is 44.0 Å². The summed E-state index contributed by atoms with van der Waals surface area (Å²) in [6.07, 6.45) is 2.25. The number of hydrogen-bond acceptors (Lipinski definition) is 4. The van der Waals surface area contributed by atoms with Crippen molar-refractivity contribution in [1.82, 2.24) is 14.9 Å². The molecule has 1 N–H and O–H groups in total. The molecule has 0 bridgehead atoms. The molecule has 4 nitrogen and oxygen atoms in total. The van der Waals surface area contributed by atoms with Gasteiger partial charge in [-0.3, -0.25) is 9.69 Å². The largest absolute Gasteiger partial charge is 0.311 e. The molecule has 1 aliphatic rings. The van der Waals surface area contributed by atoms with Crippen molar-refractivity contribution in [1.29, 1.82) is 0 Å². The highest BCUT2D eigenvalue weighted by atomic mass is 32.1. The number of aromatic amines is 1. The Balaban J connectivity index is 1.45. The topological polar surface area (TPSA) is 49.0 Å². The maximum absolute atomic E-state index is 11.8. The molecule has 1 aliphatic heterocycles. The molecule has 4 rings (SSSR count). The third-order valence-electron chi connectivity index (χ3n) is 4.90. The summed E-state index contributed by atoms with van der Waals surface area (Å²) in [4.78, 5) is 24.3. The molecule has 0 radical (unpaired) electrons. The Hall–Kier alpha value is -2.24. The van der Waals surface area contributed by atoms with Crippen LogP contribution in [0.3, 0.4) is 0 Å². The first kappa shape index (κ1) is 17.2. The Morgan fingerprint density at radius 3 is 2.88 bits per heavy atom. The van der Waals surface area contributed by atoms with Crippen LogP contribution in [0.2, 0.25) is 0 Å². The van der Waals surface area contributed by atoms with Gasteiger partial charge in [-0.25, -0.2) is 4.98 Å². The molecule has 26 heavy (non-hydrogen) atoms. The van der Waals surface area contributed by atoms with Crippen molar-refractivity contribution in [3.8, 4) is 10.4 Å². The van der Waals surface area contributed by atoms with Crippen LogP contribution in [0.25, 0.3) is 10.4 Å². The van der Waals surface area contributed by atoms with E-state index >= 15 is 0 Å². The minimum atomic E-state index is -0.0459. The summed E-state index contributed by atoms with van der Waals surface area (Å²) in [5.74, 6) is 1.05. The van der Waals surface area contributed by atoms with Crippen LogP contribution >= 0.6 is 11.3 Å². The van der Waals surface area contributed by atoms with Gasteiger partial charge in [0.25, 0.3) is 5.56 Å². The summed E-state index contributed by atoms with van der Waals surface area (Å²) in [6, 6.07) is 16.7. The van der Waals surface area contributed by atoms with Gasteiger partial charge < -0.3 is 4.98 Å². The summed E-state index contributed by atoms with van der Waals surface area (Å²) in [7, 11) is 0. The molecule has 0 saturated carbocycles. The van der Waals surface area contributed by atoms with Crippen LogP contribution in [0, 0.1) is 6.92 Å². The van der Waals surface area contributed by atoms with Gasteiger partial charge in [-0.15, -0.1) is 11.3 Å². The molecule has 1 unspecified atom stereocenters. The lowest BCUT2D eigenvalue weighted by Crippen LogP contribution is -2.34. The van der Waals surface area contributed by atoms with Gasteiger partial charge in [0, 0.05) is 34.8 Å². The van der Waals surface area contributed by atoms with E-state index in [2.05, 4.69) is 57.3 Å². The number of rotatable bonds is 4. The highest BCUT2D eigenvalue weighted by molar-refractivity contribution is 7.15. The van der Waals surface area contributed by atoms with Gasteiger partial charge in [0.05, 0.1) is 5.69 Å². The van der Waals surface area contributed by atoms with E-state index in [0.717, 1.165) is 38.2 Å². The van der Waals surface area contributed by atoms with Gasteiger partial charge in [0.1, 0.15) is 5.82 Å². The van der Waals surface area contributed by atoms with E-state index in [-0.39, 0.29) is 5.56 Å². The minimum Gasteiger partial charge on any atom is -0.311 e. The molecule has 0 aliphatic carbocycles. The molecular formula is C21H23N3OS. The first-order valence-electron chi connectivity index (χ1n) is 9.12. The Labute approximate surface area is 157 Å². The number of H-pyrrole nitrogens is 1. The molecule has 5 heteroatoms. The van der Waals surface area contributed by atoms with Crippen molar-refractivity contribution in [2.75, 3.05) is 13.1 Å². The first-order chi connectivity index (χ1) is 12.7. The van der Waals surface area contributed by atoms with Crippen LogP contribution in [0.5, 0.6) is 0 Å². The normalized spacial score (nSPS) is 18.1. The molecule has 134 valence electrons. The average molecular weight is 366 g/mol. The van der Waals surface area contributed by atoms with Crippen LogP contribution in [0.4, 0.5) is 0 Å². The van der Waals surface area contributed by atoms with E-state index in [9.17, 15) is 4.79 Å². The first-order valence-corrected chi connectivity index (χ1v) is 9.93. The molecule has 1 aromatic carbocycles. The summed E-state index contributed by atoms with van der Waals surface area (Å²) in [6.45, 7) is 4.89. The Morgan fingerprint density at radius 1 is 1.23 bits per heavy atom. The molecule has 3 heterocycles. The SMILES string of the molecule is Cc1nc(C2CCCN(Cc3ccc(-c4ccccc4)s3)C2)cc(=O)[nH]1. The molecule has 3 aromatic rings. The van der Waals surface area contributed by atoms with E-state index in [0.29, 0.717) is 11.7 Å². The van der Waals surface area contributed by atoms with Crippen LogP contribution in [0.15, 0.2) is 53.3 Å². The highest BCUT2D eigenvalue weighted by Gasteiger charge is 2.23. The zero-order valence-corrected chi connectivity index (χ0v) is 15.8. The van der Waals surface area contributed by atoms with Crippen molar-refractivity contribution in [2.24, 2.45) is 0 Å². The molecule has 1 saturated heterocycles. The standard InChI is InChI=1S/C21H23N3OS/c1-15-22-19(12-21(25)23-15)17-8-5-11-24(13-17)14-18-9-10-20(26-18)16-6-3-2-4-7-16/h2-4,6-7,9-10,12,17H,5,8,11,13-14H2,1H3,(H,22,23,25). The minimum absolute atomic E-state index is 0.0459. The Kier molecular flexibility index (Phi) is 5.00. The Morgan fingerprint density at radius 2 is 2.08 bits per heavy atom. The summed E-state index contributed by atoms with van der Waals surface area (Å²) < 4.78 is 0. The monoisotopic (exact) mass is 365 g/mol. The second-order valence-corrected chi connectivity index (χ2v) is 8.13. The number of nitrogens with zero attached hydrogens (tertiary/aromatic N) is 2. The van der Waals surface area contributed by atoms with Crippen LogP contribution in [0.1, 0.15) is 35.2 Å². The lowest BCUT2D eigenvalue weighted by atomic mass is 9.94. The van der Waals surface area contributed by atoms with Gasteiger partial charge in [0.15, 0.2) is 0 Å². The number of benzene rings is 1. The maximum Gasteiger partial charge on any atom is 0.251 e. The van der Waals surface area contributed by atoms with Crippen LogP contribution in [-0.2, 0) is 6.54 Å². The van der Waals surface area contributed by atoms with E-state index in [4.69, 9.17) is 0 Å². The molecule has 1 fully saturated rings. The number of aryl methyl sites for hydroxylation is 1. The molecule has 0 spiro atoms. The van der Waals surface area contributed by atoms with E-state index in [1.807, 2.05) is 18.3 Å². The summed E-state index contributed by atoms with van der Waals surface area (Å²) in [5.41, 5.74) is 2.17. The van der Waals surface area contributed by atoms with Gasteiger partial charge in [0.2, 0.25) is 0 Å². The summed E-state index contributed by atoms with van der Waals surface area (Å²) in [5, 5.41) is 0. The molecule has 1 atom stereocenters. The van der Waals surface area contributed by atoms with Crippen LogP contribution in [-0.4, -0.2) is 28.0 Å². The third-order valence-corrected chi connectivity index (χ3v) is 6.02. The van der Waals surface area contributed by atoms with Gasteiger partial charge >= 0.3 is 0 Å². The average Bonchev–Trinajstić information content (AvgIpc) is 3.10. The van der Waals surface area contributed by atoms with Crippen LogP contribution < -0.4 is 5.56 Å². The maximum atomic E-state index is 11.8. The van der Waals surface area contributed by atoms with E-state index in [1.165, 1.54) is 15.3 Å². The number of nitrogens with one attached hydrogen (secondary N) is 1. The molecular weight excluding hydrogens is 342 g/mol. The smallest absolute Gasteiger partial charge is 0.251 e. The lowest BCUT2D eigenvalue weighted by Gasteiger charge is -2.32. The fourth-order valence-electron chi connectivity index (χ4n) is 3.69. The van der Waals surface area contributed by atoms with Crippen molar-refractivity contribution in [2.45, 2.75) is 32.2 Å². The highest BCUT2D eigenvalue weighted by Crippen LogP contribution is 2.31. The van der Waals surface area contributed by atoms with E-state index in [1.54, 1.807) is 6.07 Å². The summed E-state index contributed by atoms with van der Waals surface area (Å²) >= 11 is 1.87. The second-order valence-electron chi connectivity index (χ2n) is 6.96. The van der Waals surface area contributed by atoms with Gasteiger partial charge in [-0.1, -0.05) is 30.3 Å². The number of likely N-dealkylation sites (tertiary alicyclic amines) is 1. The number of hydrogen-bond donors (Lipinski definition) is 1. The van der Waals surface area contributed by atoms with Crippen molar-refractivity contribution in [3.63, 3.8) is 0 Å². The number of thiophene rings is 1. The zero-order chi connectivity index (χ0) is 17.9. The molecule has 0 amide bonds. The predicted octanol–water partition coefficient (Wildman–Crippen LogP) is 4.19.